The topological polar surface area (TPSA) is 68.5 Å². The lowest BCUT2D eigenvalue weighted by Gasteiger charge is -2.01. The molecule has 3 heterocycles. The SMILES string of the molecule is COc1ccc2nc(NC(=O)c3c(Cl)nc4ccccn34)sc2c1. The fraction of sp³-hybridized carbons (Fsp3) is 0.0625. The molecule has 3 aromatic heterocycles. The van der Waals surface area contributed by atoms with E-state index in [4.69, 9.17) is 16.3 Å². The van der Waals surface area contributed by atoms with Gasteiger partial charge in [-0.05, 0) is 30.3 Å². The fourth-order valence-electron chi connectivity index (χ4n) is 2.41. The molecule has 0 aliphatic carbocycles. The van der Waals surface area contributed by atoms with Crippen molar-refractivity contribution in [2.45, 2.75) is 0 Å². The minimum Gasteiger partial charge on any atom is -0.497 e. The molecule has 0 spiro atoms. The summed E-state index contributed by atoms with van der Waals surface area (Å²) in [7, 11) is 1.61. The first-order valence-corrected chi connectivity index (χ1v) is 8.23. The first-order valence-electron chi connectivity index (χ1n) is 7.04. The van der Waals surface area contributed by atoms with E-state index in [0.29, 0.717) is 10.8 Å². The van der Waals surface area contributed by atoms with Crippen LogP contribution in [-0.4, -0.2) is 27.4 Å². The van der Waals surface area contributed by atoms with Crippen LogP contribution in [0.4, 0.5) is 5.13 Å². The second kappa shape index (κ2) is 5.77. The second-order valence-corrected chi connectivity index (χ2v) is 6.38. The lowest BCUT2D eigenvalue weighted by atomic mass is 10.3. The quantitative estimate of drug-likeness (QED) is 0.603. The van der Waals surface area contributed by atoms with Crippen LogP contribution in [0.25, 0.3) is 15.9 Å². The first-order chi connectivity index (χ1) is 11.7. The summed E-state index contributed by atoms with van der Waals surface area (Å²) < 4.78 is 7.77. The summed E-state index contributed by atoms with van der Waals surface area (Å²) in [6.07, 6.45) is 1.74. The number of hydrogen-bond acceptors (Lipinski definition) is 5. The number of amides is 1. The predicted molar refractivity (Wildman–Crippen MR) is 94.3 cm³/mol. The molecule has 0 aliphatic heterocycles. The molecule has 1 amide bonds. The summed E-state index contributed by atoms with van der Waals surface area (Å²) in [5, 5.41) is 3.43. The minimum atomic E-state index is -0.357. The van der Waals surface area contributed by atoms with Crippen molar-refractivity contribution >= 4 is 49.8 Å². The number of ether oxygens (including phenoxy) is 1. The van der Waals surface area contributed by atoms with Gasteiger partial charge in [0.15, 0.2) is 16.0 Å². The lowest BCUT2D eigenvalue weighted by Crippen LogP contribution is -2.14. The van der Waals surface area contributed by atoms with E-state index in [1.165, 1.54) is 11.3 Å². The Labute approximate surface area is 145 Å². The van der Waals surface area contributed by atoms with E-state index < -0.39 is 0 Å². The average Bonchev–Trinajstić information content (AvgIpc) is 3.12. The zero-order chi connectivity index (χ0) is 16.7. The van der Waals surface area contributed by atoms with Gasteiger partial charge in [-0.25, -0.2) is 9.97 Å². The molecule has 0 aliphatic rings. The van der Waals surface area contributed by atoms with Crippen molar-refractivity contribution in [3.05, 3.63) is 53.4 Å². The average molecular weight is 359 g/mol. The highest BCUT2D eigenvalue weighted by Gasteiger charge is 2.19. The van der Waals surface area contributed by atoms with Crippen molar-refractivity contribution in [2.75, 3.05) is 12.4 Å². The van der Waals surface area contributed by atoms with Gasteiger partial charge in [0.05, 0.1) is 17.3 Å². The number of rotatable bonds is 3. The number of hydrogen-bond donors (Lipinski definition) is 1. The van der Waals surface area contributed by atoms with Gasteiger partial charge in [-0.2, -0.15) is 0 Å². The maximum atomic E-state index is 12.6. The van der Waals surface area contributed by atoms with Crippen LogP contribution >= 0.6 is 22.9 Å². The Morgan fingerprint density at radius 3 is 3.00 bits per heavy atom. The first kappa shape index (κ1) is 14.9. The number of halogens is 1. The van der Waals surface area contributed by atoms with Gasteiger partial charge in [0, 0.05) is 6.20 Å². The predicted octanol–water partition coefficient (Wildman–Crippen LogP) is 3.86. The second-order valence-electron chi connectivity index (χ2n) is 4.99. The Morgan fingerprint density at radius 2 is 2.17 bits per heavy atom. The van der Waals surface area contributed by atoms with Crippen LogP contribution in [0.1, 0.15) is 10.5 Å². The van der Waals surface area contributed by atoms with Crippen molar-refractivity contribution in [3.8, 4) is 5.75 Å². The summed E-state index contributed by atoms with van der Waals surface area (Å²) in [6.45, 7) is 0. The standard InChI is InChI=1S/C16H11ClN4O2S/c1-23-9-5-6-10-11(8-9)24-16(18-10)20-15(22)13-14(17)19-12-4-2-3-7-21(12)13/h2-8H,1H3,(H,18,20,22). The molecule has 0 atom stereocenters. The minimum absolute atomic E-state index is 0.154. The smallest absolute Gasteiger partial charge is 0.277 e. The number of anilines is 1. The van der Waals surface area contributed by atoms with Crippen LogP contribution in [0.3, 0.4) is 0 Å². The molecule has 6 nitrogen and oxygen atoms in total. The number of carbonyl (C=O) groups is 1. The summed E-state index contributed by atoms with van der Waals surface area (Å²) in [6, 6.07) is 11.0. The highest BCUT2D eigenvalue weighted by Crippen LogP contribution is 2.29. The summed E-state index contributed by atoms with van der Waals surface area (Å²) >= 11 is 7.49. The number of fused-ring (bicyclic) bond motifs is 2. The van der Waals surface area contributed by atoms with Crippen molar-refractivity contribution in [1.82, 2.24) is 14.4 Å². The molecular weight excluding hydrogens is 348 g/mol. The normalized spacial score (nSPS) is 11.1. The van der Waals surface area contributed by atoms with Crippen LogP contribution < -0.4 is 10.1 Å². The fourth-order valence-corrected chi connectivity index (χ4v) is 3.56. The van der Waals surface area contributed by atoms with Crippen molar-refractivity contribution in [1.29, 1.82) is 0 Å². The molecule has 0 bridgehead atoms. The molecule has 0 unspecified atom stereocenters. The van der Waals surface area contributed by atoms with E-state index in [9.17, 15) is 4.79 Å². The van der Waals surface area contributed by atoms with Crippen LogP contribution in [0.15, 0.2) is 42.6 Å². The molecule has 120 valence electrons. The molecule has 1 N–H and O–H groups in total. The highest BCUT2D eigenvalue weighted by atomic mass is 35.5. The number of nitrogens with one attached hydrogen (secondary N) is 1. The monoisotopic (exact) mass is 358 g/mol. The van der Waals surface area contributed by atoms with Crippen molar-refractivity contribution in [3.63, 3.8) is 0 Å². The number of nitrogens with zero attached hydrogens (tertiary/aromatic N) is 3. The van der Waals surface area contributed by atoms with Gasteiger partial charge in [-0.15, -0.1) is 0 Å². The molecule has 0 radical (unpaired) electrons. The molecular formula is C16H11ClN4O2S. The van der Waals surface area contributed by atoms with Crippen LogP contribution in [-0.2, 0) is 0 Å². The number of pyridine rings is 1. The van der Waals surface area contributed by atoms with E-state index in [0.717, 1.165) is 16.0 Å². The van der Waals surface area contributed by atoms with E-state index in [-0.39, 0.29) is 16.8 Å². The molecule has 4 aromatic rings. The molecule has 4 rings (SSSR count). The van der Waals surface area contributed by atoms with Gasteiger partial charge in [-0.3, -0.25) is 14.5 Å². The molecule has 0 fully saturated rings. The van der Waals surface area contributed by atoms with Gasteiger partial charge in [-0.1, -0.05) is 29.0 Å². The highest BCUT2D eigenvalue weighted by molar-refractivity contribution is 7.22. The molecule has 24 heavy (non-hydrogen) atoms. The zero-order valence-electron chi connectivity index (χ0n) is 12.5. The maximum absolute atomic E-state index is 12.6. The third-order valence-electron chi connectivity index (χ3n) is 3.52. The van der Waals surface area contributed by atoms with Gasteiger partial charge in [0.1, 0.15) is 11.4 Å². The lowest BCUT2D eigenvalue weighted by molar-refractivity contribution is 0.102. The Balaban J connectivity index is 1.69. The number of carbonyl (C=O) groups excluding carboxylic acids is 1. The molecule has 8 heteroatoms. The Hall–Kier alpha value is -2.64. The van der Waals surface area contributed by atoms with Gasteiger partial charge in [0.2, 0.25) is 0 Å². The number of thiazole rings is 1. The number of benzene rings is 1. The molecule has 0 saturated carbocycles. The van der Waals surface area contributed by atoms with Gasteiger partial charge in [0.25, 0.3) is 5.91 Å². The molecule has 1 aromatic carbocycles. The third kappa shape index (κ3) is 2.47. The van der Waals surface area contributed by atoms with E-state index in [2.05, 4.69) is 15.3 Å². The largest absolute Gasteiger partial charge is 0.497 e. The number of methoxy groups -OCH3 is 1. The number of aromatic nitrogens is 3. The van der Waals surface area contributed by atoms with Gasteiger partial charge < -0.3 is 4.74 Å². The third-order valence-corrected chi connectivity index (χ3v) is 4.72. The van der Waals surface area contributed by atoms with Crippen LogP contribution in [0.2, 0.25) is 5.15 Å². The van der Waals surface area contributed by atoms with E-state index >= 15 is 0 Å². The van der Waals surface area contributed by atoms with E-state index in [1.54, 1.807) is 23.8 Å². The van der Waals surface area contributed by atoms with E-state index in [1.807, 2.05) is 30.3 Å². The zero-order valence-corrected chi connectivity index (χ0v) is 14.1. The summed E-state index contributed by atoms with van der Waals surface area (Å²) in [5.74, 6) is 0.388. The van der Waals surface area contributed by atoms with Crippen LogP contribution in [0, 0.1) is 0 Å². The number of imidazole rings is 1. The van der Waals surface area contributed by atoms with Crippen molar-refractivity contribution in [2.24, 2.45) is 0 Å². The Kier molecular flexibility index (Phi) is 3.59. The van der Waals surface area contributed by atoms with Gasteiger partial charge >= 0.3 is 0 Å². The molecule has 0 saturated heterocycles. The Bertz CT molecular complexity index is 1070. The van der Waals surface area contributed by atoms with Crippen LogP contribution in [0.5, 0.6) is 5.75 Å². The van der Waals surface area contributed by atoms with Crippen molar-refractivity contribution < 1.29 is 9.53 Å². The summed E-state index contributed by atoms with van der Waals surface area (Å²) in [5.41, 5.74) is 1.69. The summed E-state index contributed by atoms with van der Waals surface area (Å²) in [4.78, 5) is 21.2. The Morgan fingerprint density at radius 1 is 1.29 bits per heavy atom. The maximum Gasteiger partial charge on any atom is 0.277 e.